The van der Waals surface area contributed by atoms with E-state index >= 15 is 0 Å². The second-order valence-electron chi connectivity index (χ2n) is 2.77. The highest BCUT2D eigenvalue weighted by Crippen LogP contribution is 2.36. The molecule has 1 rings (SSSR count). The Balaban J connectivity index is 2.27. The molecular formula is C5H12NO5P. The largest absolute Gasteiger partial charge is 0.469 e. The Labute approximate surface area is 69.8 Å². The zero-order valence-electron chi connectivity index (χ0n) is 6.38. The zero-order valence-corrected chi connectivity index (χ0v) is 7.28. The van der Waals surface area contributed by atoms with E-state index in [-0.39, 0.29) is 12.5 Å². The van der Waals surface area contributed by atoms with Crippen LogP contribution in [0.2, 0.25) is 0 Å². The molecule has 12 heavy (non-hydrogen) atoms. The van der Waals surface area contributed by atoms with Crippen molar-refractivity contribution in [1.82, 2.24) is 5.32 Å². The van der Waals surface area contributed by atoms with Crippen molar-refractivity contribution in [3.05, 3.63) is 0 Å². The average molecular weight is 197 g/mol. The summed E-state index contributed by atoms with van der Waals surface area (Å²) in [6.45, 7) is 0.870. The van der Waals surface area contributed by atoms with E-state index in [0.29, 0.717) is 13.1 Å². The summed E-state index contributed by atoms with van der Waals surface area (Å²) in [6, 6.07) is 0. The van der Waals surface area contributed by atoms with Gasteiger partial charge in [0.15, 0.2) is 0 Å². The predicted molar refractivity (Wildman–Crippen MR) is 40.4 cm³/mol. The van der Waals surface area contributed by atoms with Gasteiger partial charge in [0, 0.05) is 19.0 Å². The average Bonchev–Trinajstić information content (AvgIpc) is 2.29. The number of hydrogen-bond acceptors (Lipinski definition) is 4. The first-order chi connectivity index (χ1) is 5.49. The van der Waals surface area contributed by atoms with Gasteiger partial charge in [-0.25, -0.2) is 4.57 Å². The van der Waals surface area contributed by atoms with Gasteiger partial charge in [-0.05, 0) is 0 Å². The molecule has 0 aliphatic carbocycles. The van der Waals surface area contributed by atoms with E-state index < -0.39 is 13.9 Å². The normalized spacial score (nSPS) is 30.9. The highest BCUT2D eigenvalue weighted by molar-refractivity contribution is 7.46. The number of β-amino-alcohol motifs (C(OH)–C–C–N with tert-alkyl or cyclic N) is 1. The van der Waals surface area contributed by atoms with Crippen LogP contribution in [0.25, 0.3) is 0 Å². The van der Waals surface area contributed by atoms with Gasteiger partial charge in [-0.3, -0.25) is 4.52 Å². The fourth-order valence-corrected chi connectivity index (χ4v) is 1.47. The minimum atomic E-state index is -4.38. The summed E-state index contributed by atoms with van der Waals surface area (Å²) >= 11 is 0. The molecule has 2 atom stereocenters. The number of aliphatic hydroxyl groups is 1. The van der Waals surface area contributed by atoms with Crippen LogP contribution in [0.5, 0.6) is 0 Å². The van der Waals surface area contributed by atoms with Gasteiger partial charge in [0.2, 0.25) is 0 Å². The van der Waals surface area contributed by atoms with E-state index in [4.69, 9.17) is 9.79 Å². The third-order valence-corrected chi connectivity index (χ3v) is 2.25. The fraction of sp³-hybridized carbons (Fsp3) is 1.00. The van der Waals surface area contributed by atoms with E-state index in [1.165, 1.54) is 0 Å². The second-order valence-corrected chi connectivity index (χ2v) is 4.01. The minimum Gasteiger partial charge on any atom is -0.391 e. The third-order valence-electron chi connectivity index (χ3n) is 1.76. The maximum atomic E-state index is 10.3. The lowest BCUT2D eigenvalue weighted by molar-refractivity contribution is 0.0958. The molecule has 4 N–H and O–H groups in total. The monoisotopic (exact) mass is 197 g/mol. The molecule has 0 spiro atoms. The molecule has 0 aromatic carbocycles. The lowest BCUT2D eigenvalue weighted by Crippen LogP contribution is -2.22. The Morgan fingerprint density at radius 3 is 2.58 bits per heavy atom. The molecule has 1 heterocycles. The third kappa shape index (κ3) is 3.18. The van der Waals surface area contributed by atoms with Crippen molar-refractivity contribution in [3.8, 4) is 0 Å². The number of aliphatic hydroxyl groups excluding tert-OH is 1. The van der Waals surface area contributed by atoms with Crippen molar-refractivity contribution in [2.75, 3.05) is 19.7 Å². The number of rotatable bonds is 3. The summed E-state index contributed by atoms with van der Waals surface area (Å²) in [7, 11) is -4.38. The van der Waals surface area contributed by atoms with Crippen LogP contribution in [0.3, 0.4) is 0 Å². The van der Waals surface area contributed by atoms with Gasteiger partial charge in [-0.1, -0.05) is 0 Å². The first-order valence-electron chi connectivity index (χ1n) is 3.58. The maximum Gasteiger partial charge on any atom is 0.469 e. The van der Waals surface area contributed by atoms with Crippen molar-refractivity contribution >= 4 is 7.82 Å². The summed E-state index contributed by atoms with van der Waals surface area (Å²) in [5.74, 6) is -0.224. The molecule has 72 valence electrons. The SMILES string of the molecule is O=P(O)(O)OCC1CNCC1O. The Morgan fingerprint density at radius 2 is 2.17 bits per heavy atom. The summed E-state index contributed by atoms with van der Waals surface area (Å²) in [5.41, 5.74) is 0. The van der Waals surface area contributed by atoms with Crippen LogP contribution >= 0.6 is 7.82 Å². The van der Waals surface area contributed by atoms with Crippen molar-refractivity contribution in [2.45, 2.75) is 6.10 Å². The molecule has 0 aromatic rings. The number of nitrogens with one attached hydrogen (secondary N) is 1. The smallest absolute Gasteiger partial charge is 0.391 e. The number of phosphoric ester groups is 1. The van der Waals surface area contributed by atoms with Crippen LogP contribution in [0, 0.1) is 5.92 Å². The van der Waals surface area contributed by atoms with Crippen LogP contribution in [0.1, 0.15) is 0 Å². The molecule has 1 aliphatic rings. The van der Waals surface area contributed by atoms with Crippen molar-refractivity contribution in [2.24, 2.45) is 5.92 Å². The Hall–Kier alpha value is 0.0300. The van der Waals surface area contributed by atoms with Crippen LogP contribution in [-0.4, -0.2) is 40.7 Å². The quantitative estimate of drug-likeness (QED) is 0.419. The molecule has 1 aliphatic heterocycles. The van der Waals surface area contributed by atoms with Crippen LogP contribution in [0.15, 0.2) is 0 Å². The van der Waals surface area contributed by atoms with Crippen LogP contribution < -0.4 is 5.32 Å². The van der Waals surface area contributed by atoms with E-state index in [9.17, 15) is 9.67 Å². The van der Waals surface area contributed by atoms with Crippen molar-refractivity contribution < 1.29 is 24.0 Å². The zero-order chi connectivity index (χ0) is 9.19. The Kier molecular flexibility index (Phi) is 3.22. The summed E-state index contributed by atoms with van der Waals surface area (Å²) in [5, 5.41) is 12.1. The van der Waals surface area contributed by atoms with E-state index in [0.717, 1.165) is 0 Å². The van der Waals surface area contributed by atoms with Gasteiger partial charge < -0.3 is 20.2 Å². The molecule has 2 unspecified atom stereocenters. The van der Waals surface area contributed by atoms with Crippen molar-refractivity contribution in [3.63, 3.8) is 0 Å². The van der Waals surface area contributed by atoms with Crippen LogP contribution in [-0.2, 0) is 9.09 Å². The topological polar surface area (TPSA) is 99.0 Å². The van der Waals surface area contributed by atoms with Crippen LogP contribution in [0.4, 0.5) is 0 Å². The van der Waals surface area contributed by atoms with Gasteiger partial charge in [0.25, 0.3) is 0 Å². The molecule has 0 aromatic heterocycles. The van der Waals surface area contributed by atoms with E-state index in [1.807, 2.05) is 0 Å². The molecule has 6 nitrogen and oxygen atoms in total. The van der Waals surface area contributed by atoms with Crippen molar-refractivity contribution in [1.29, 1.82) is 0 Å². The summed E-state index contributed by atoms with van der Waals surface area (Å²) < 4.78 is 14.5. The molecule has 1 saturated heterocycles. The summed E-state index contributed by atoms with van der Waals surface area (Å²) in [6.07, 6.45) is -0.573. The van der Waals surface area contributed by atoms with Gasteiger partial charge >= 0.3 is 7.82 Å². The van der Waals surface area contributed by atoms with Gasteiger partial charge in [0.1, 0.15) is 0 Å². The standard InChI is InChI=1S/C5H12NO5P/c7-5-2-6-1-4(5)3-11-12(8,9)10/h4-7H,1-3H2,(H2,8,9,10). The molecular weight excluding hydrogens is 185 g/mol. The molecule has 0 bridgehead atoms. The first kappa shape index (κ1) is 10.1. The van der Waals surface area contributed by atoms with Gasteiger partial charge in [0.05, 0.1) is 12.7 Å². The van der Waals surface area contributed by atoms with E-state index in [1.54, 1.807) is 0 Å². The Bertz CT molecular complexity index is 192. The molecule has 7 heteroatoms. The van der Waals surface area contributed by atoms with E-state index in [2.05, 4.69) is 9.84 Å². The first-order valence-corrected chi connectivity index (χ1v) is 5.11. The lowest BCUT2D eigenvalue weighted by Gasteiger charge is -2.13. The molecule has 1 fully saturated rings. The Morgan fingerprint density at radius 1 is 1.50 bits per heavy atom. The minimum absolute atomic E-state index is 0.113. The molecule has 0 amide bonds. The summed E-state index contributed by atoms with van der Waals surface area (Å²) in [4.78, 5) is 16.7. The lowest BCUT2D eigenvalue weighted by atomic mass is 10.1. The maximum absolute atomic E-state index is 10.3. The number of hydrogen-bond donors (Lipinski definition) is 4. The highest BCUT2D eigenvalue weighted by atomic mass is 31.2. The molecule has 0 saturated carbocycles. The van der Waals surface area contributed by atoms with Gasteiger partial charge in [-0.15, -0.1) is 0 Å². The highest BCUT2D eigenvalue weighted by Gasteiger charge is 2.27. The fourth-order valence-electron chi connectivity index (χ4n) is 1.08. The van der Waals surface area contributed by atoms with Gasteiger partial charge in [-0.2, -0.15) is 0 Å². The predicted octanol–water partition coefficient (Wildman–Crippen LogP) is -1.32. The molecule has 0 radical (unpaired) electrons. The second kappa shape index (κ2) is 3.83. The number of phosphoric acid groups is 1.